The molecule has 0 bridgehead atoms. The molecule has 2 heterocycles. The van der Waals surface area contributed by atoms with E-state index in [2.05, 4.69) is 179 Å². The number of nitrogens with two attached hydrogens (primary N) is 1. The van der Waals surface area contributed by atoms with Crippen LogP contribution in [0.25, 0.3) is 98.9 Å². The minimum absolute atomic E-state index is 0.836. The van der Waals surface area contributed by atoms with Crippen LogP contribution in [0.2, 0.25) is 0 Å². The lowest BCUT2D eigenvalue weighted by molar-refractivity contribution is 1.18. The lowest BCUT2D eigenvalue weighted by atomic mass is 10.00. The minimum Gasteiger partial charge on any atom is -0.398 e. The van der Waals surface area contributed by atoms with Crippen molar-refractivity contribution in [3.8, 4) is 22.5 Å². The first-order valence-corrected chi connectivity index (χ1v) is 17.9. The van der Waals surface area contributed by atoms with E-state index in [1.165, 1.54) is 87.5 Å². The average molecular weight is 664 g/mol. The van der Waals surface area contributed by atoms with Gasteiger partial charge in [0.15, 0.2) is 0 Å². The summed E-state index contributed by atoms with van der Waals surface area (Å²) in [4.78, 5) is 0. The third-order valence-corrected chi connectivity index (χ3v) is 11.1. The number of benzene rings is 8. The van der Waals surface area contributed by atoms with E-state index in [0.29, 0.717) is 0 Å². The predicted octanol–water partition coefficient (Wildman–Crippen LogP) is 12.6. The Morgan fingerprint density at radius 3 is 1.94 bits per heavy atom. The number of aromatic nitrogens is 2. The molecule has 0 radical (unpaired) electrons. The number of allylic oxidation sites excluding steroid dienone is 3. The Bertz CT molecular complexity index is 3190. The minimum atomic E-state index is 0.836. The largest absolute Gasteiger partial charge is 0.398 e. The van der Waals surface area contributed by atoms with E-state index in [4.69, 9.17) is 5.73 Å². The van der Waals surface area contributed by atoms with E-state index in [-0.39, 0.29) is 0 Å². The third kappa shape index (κ3) is 3.96. The number of hydrogen-bond donors (Lipinski definition) is 1. The van der Waals surface area contributed by atoms with Gasteiger partial charge in [-0.1, -0.05) is 115 Å². The molecule has 0 saturated carbocycles. The Hall–Kier alpha value is -6.84. The van der Waals surface area contributed by atoms with Crippen LogP contribution in [-0.2, 0) is 0 Å². The van der Waals surface area contributed by atoms with Crippen LogP contribution in [0, 0.1) is 0 Å². The zero-order valence-electron chi connectivity index (χ0n) is 28.6. The van der Waals surface area contributed by atoms with Crippen molar-refractivity contribution < 1.29 is 0 Å². The van der Waals surface area contributed by atoms with Gasteiger partial charge in [0, 0.05) is 55.1 Å². The molecular formula is C49H33N3. The van der Waals surface area contributed by atoms with Gasteiger partial charge in [0.05, 0.1) is 22.1 Å². The molecule has 0 atom stereocenters. The zero-order valence-corrected chi connectivity index (χ0v) is 28.6. The number of hydrogen-bond acceptors (Lipinski definition) is 1. The number of para-hydroxylation sites is 2. The standard InChI is InChI=1S/C49H33N3/c1-2-11-39-38-18-10-13-33-26-35(29-43(47(33)38)48(39)50)52-46-25-22-32(28-42(46)40-23-20-30-12-6-7-16-36(30)49(40)52)31-21-24-45-41(27-31)37-17-8-9-19-44(37)51(45)34-14-4-3-5-15-34/h2-29H,50H2,1H3/b11-2-. The molecule has 0 unspecified atom stereocenters. The number of nitrogens with zero attached hydrogens (tertiary/aromatic N) is 2. The maximum absolute atomic E-state index is 6.92. The summed E-state index contributed by atoms with van der Waals surface area (Å²) in [7, 11) is 0. The van der Waals surface area contributed by atoms with Gasteiger partial charge in [0.1, 0.15) is 0 Å². The summed E-state index contributed by atoms with van der Waals surface area (Å²) in [6.45, 7) is 2.05. The van der Waals surface area contributed by atoms with Gasteiger partial charge < -0.3 is 14.9 Å². The highest BCUT2D eigenvalue weighted by molar-refractivity contribution is 6.21. The zero-order chi connectivity index (χ0) is 34.5. The second-order valence-corrected chi connectivity index (χ2v) is 13.9. The SMILES string of the molecule is C/C=C\C1=C(N)c2cc(-n3c4ccc(-c5ccc6c(c5)c5ccccc5n6-c5ccccc5)cc4c4ccc5ccccc5c43)cc3cccc1c23. The lowest BCUT2D eigenvalue weighted by Gasteiger charge is -2.13. The normalized spacial score (nSPS) is 13.0. The molecule has 3 heteroatoms. The summed E-state index contributed by atoms with van der Waals surface area (Å²) >= 11 is 0. The van der Waals surface area contributed by atoms with E-state index >= 15 is 0 Å². The highest BCUT2D eigenvalue weighted by atomic mass is 15.0. The molecule has 11 rings (SSSR count). The first-order valence-electron chi connectivity index (χ1n) is 17.9. The molecule has 10 aromatic rings. The van der Waals surface area contributed by atoms with Gasteiger partial charge in [-0.05, 0) is 94.4 Å². The van der Waals surface area contributed by atoms with Crippen LogP contribution < -0.4 is 5.73 Å². The Balaban J connectivity index is 1.17. The van der Waals surface area contributed by atoms with E-state index in [0.717, 1.165) is 22.5 Å². The fourth-order valence-corrected chi connectivity index (χ4v) is 8.85. The van der Waals surface area contributed by atoms with Crippen molar-refractivity contribution in [1.29, 1.82) is 0 Å². The molecule has 0 aliphatic heterocycles. The van der Waals surface area contributed by atoms with Crippen LogP contribution in [0.1, 0.15) is 18.1 Å². The molecule has 1 aliphatic rings. The molecule has 244 valence electrons. The van der Waals surface area contributed by atoms with E-state index < -0.39 is 0 Å². The second-order valence-electron chi connectivity index (χ2n) is 13.9. The average Bonchev–Trinajstić information content (AvgIpc) is 3.81. The molecule has 0 spiro atoms. The van der Waals surface area contributed by atoms with Crippen molar-refractivity contribution in [1.82, 2.24) is 9.13 Å². The van der Waals surface area contributed by atoms with Gasteiger partial charge in [-0.25, -0.2) is 0 Å². The van der Waals surface area contributed by atoms with Crippen molar-refractivity contribution in [3.63, 3.8) is 0 Å². The Morgan fingerprint density at radius 2 is 1.13 bits per heavy atom. The summed E-state index contributed by atoms with van der Waals surface area (Å²) in [5.74, 6) is 0. The van der Waals surface area contributed by atoms with Crippen LogP contribution >= 0.6 is 0 Å². The summed E-state index contributed by atoms with van der Waals surface area (Å²) < 4.78 is 4.83. The lowest BCUT2D eigenvalue weighted by Crippen LogP contribution is -1.99. The fraction of sp³-hybridized carbons (Fsp3) is 0.0204. The third-order valence-electron chi connectivity index (χ3n) is 11.1. The highest BCUT2D eigenvalue weighted by Crippen LogP contribution is 2.44. The monoisotopic (exact) mass is 663 g/mol. The molecule has 52 heavy (non-hydrogen) atoms. The fourth-order valence-electron chi connectivity index (χ4n) is 8.85. The summed E-state index contributed by atoms with van der Waals surface area (Å²) in [6, 6.07) is 57.7. The maximum Gasteiger partial charge on any atom is 0.0619 e. The Kier molecular flexibility index (Phi) is 6.03. The van der Waals surface area contributed by atoms with Crippen molar-refractivity contribution >= 4 is 76.4 Å². The van der Waals surface area contributed by atoms with Crippen LogP contribution in [-0.4, -0.2) is 9.13 Å². The second kappa shape index (κ2) is 10.8. The van der Waals surface area contributed by atoms with Crippen LogP contribution in [0.5, 0.6) is 0 Å². The molecule has 2 N–H and O–H groups in total. The van der Waals surface area contributed by atoms with Crippen molar-refractivity contribution in [2.75, 3.05) is 0 Å². The Labute approximate surface area is 300 Å². The number of rotatable bonds is 4. The molecule has 8 aromatic carbocycles. The molecule has 3 nitrogen and oxygen atoms in total. The quantitative estimate of drug-likeness (QED) is 0.200. The first kappa shape index (κ1) is 28.9. The van der Waals surface area contributed by atoms with Crippen LogP contribution in [0.3, 0.4) is 0 Å². The molecule has 1 aliphatic carbocycles. The maximum atomic E-state index is 6.92. The van der Waals surface area contributed by atoms with Crippen molar-refractivity contribution in [2.45, 2.75) is 6.92 Å². The molecule has 0 amide bonds. The van der Waals surface area contributed by atoms with E-state index in [1.807, 2.05) is 6.92 Å². The van der Waals surface area contributed by atoms with E-state index in [9.17, 15) is 0 Å². The smallest absolute Gasteiger partial charge is 0.0619 e. The molecular weight excluding hydrogens is 631 g/mol. The number of fused-ring (bicyclic) bond motifs is 8. The van der Waals surface area contributed by atoms with Gasteiger partial charge in [0.25, 0.3) is 0 Å². The summed E-state index contributed by atoms with van der Waals surface area (Å²) in [5, 5.41) is 9.86. The topological polar surface area (TPSA) is 35.9 Å². The first-order chi connectivity index (χ1) is 25.7. The van der Waals surface area contributed by atoms with Crippen molar-refractivity contribution in [3.05, 3.63) is 181 Å². The highest BCUT2D eigenvalue weighted by Gasteiger charge is 2.24. The predicted molar refractivity (Wildman–Crippen MR) is 221 cm³/mol. The van der Waals surface area contributed by atoms with Gasteiger partial charge >= 0.3 is 0 Å². The van der Waals surface area contributed by atoms with E-state index in [1.54, 1.807) is 0 Å². The summed E-state index contributed by atoms with van der Waals surface area (Å²) in [5.41, 5.74) is 20.6. The van der Waals surface area contributed by atoms with Gasteiger partial charge in [-0.15, -0.1) is 0 Å². The molecule has 0 fully saturated rings. The molecule has 0 saturated heterocycles. The van der Waals surface area contributed by atoms with Crippen LogP contribution in [0.15, 0.2) is 170 Å². The van der Waals surface area contributed by atoms with Gasteiger partial charge in [-0.3, -0.25) is 0 Å². The van der Waals surface area contributed by atoms with Crippen molar-refractivity contribution in [2.24, 2.45) is 5.73 Å². The van der Waals surface area contributed by atoms with Gasteiger partial charge in [-0.2, -0.15) is 0 Å². The summed E-state index contributed by atoms with van der Waals surface area (Å²) in [6.07, 6.45) is 4.21. The molecule has 2 aromatic heterocycles. The van der Waals surface area contributed by atoms with Crippen LogP contribution in [0.4, 0.5) is 0 Å². The van der Waals surface area contributed by atoms with Gasteiger partial charge in [0.2, 0.25) is 0 Å². The Morgan fingerprint density at radius 1 is 0.462 bits per heavy atom.